The average molecular weight is 341 g/mol. The number of hydrogen-bond acceptors (Lipinski definition) is 1. The molecule has 0 aromatic heterocycles. The van der Waals surface area contributed by atoms with Crippen LogP contribution in [0.3, 0.4) is 0 Å². The monoisotopic (exact) mass is 341 g/mol. The minimum Gasteiger partial charge on any atom is -0.296 e. The molecule has 2 nitrogen and oxygen atoms in total. The second-order valence-electron chi connectivity index (χ2n) is 7.49. The molecule has 128 valence electrons. The van der Waals surface area contributed by atoms with Crippen LogP contribution >= 0.6 is 7.29 Å². The van der Waals surface area contributed by atoms with Gasteiger partial charge in [0, 0.05) is 23.2 Å². The van der Waals surface area contributed by atoms with Crippen LogP contribution in [0.4, 0.5) is 0 Å². The molecule has 0 bridgehead atoms. The molecule has 0 saturated carbocycles. The number of hydrogen-bond donors (Lipinski definition) is 0. The van der Waals surface area contributed by atoms with Crippen molar-refractivity contribution >= 4 is 17.9 Å². The molecular formula is C21H28NOP. The Balaban J connectivity index is 2.10. The summed E-state index contributed by atoms with van der Waals surface area (Å²) in [5.74, 6) is 1.21. The van der Waals surface area contributed by atoms with Gasteiger partial charge in [0.1, 0.15) is 0 Å². The van der Waals surface area contributed by atoms with Crippen LogP contribution in [0.5, 0.6) is 0 Å². The molecule has 0 N–H and O–H groups in total. The van der Waals surface area contributed by atoms with E-state index in [1.54, 1.807) is 0 Å². The summed E-state index contributed by atoms with van der Waals surface area (Å²) in [5, 5.41) is 1.91. The van der Waals surface area contributed by atoms with Gasteiger partial charge in [0.05, 0.1) is 0 Å². The molecule has 0 amide bonds. The average Bonchev–Trinajstić information content (AvgIpc) is 2.96. The fraction of sp³-hybridized carbons (Fsp3) is 0.429. The Morgan fingerprint density at radius 1 is 1.00 bits per heavy atom. The molecule has 3 heteroatoms. The van der Waals surface area contributed by atoms with Crippen LogP contribution in [-0.4, -0.2) is 17.3 Å². The summed E-state index contributed by atoms with van der Waals surface area (Å²) in [4.78, 5) is 0. The molecule has 3 rings (SSSR count). The summed E-state index contributed by atoms with van der Waals surface area (Å²) in [7, 11) is -2.79. The van der Waals surface area contributed by atoms with E-state index in [2.05, 4.69) is 25.4 Å². The predicted octanol–water partition coefficient (Wildman–Crippen LogP) is 4.67. The summed E-state index contributed by atoms with van der Waals surface area (Å²) in [5.41, 5.74) is 0. The Bertz CT molecular complexity index is 655. The first-order valence-corrected chi connectivity index (χ1v) is 10.7. The topological polar surface area (TPSA) is 20.3 Å². The number of rotatable bonds is 5. The van der Waals surface area contributed by atoms with E-state index < -0.39 is 7.29 Å². The van der Waals surface area contributed by atoms with E-state index in [0.717, 1.165) is 30.0 Å². The molecule has 24 heavy (non-hydrogen) atoms. The van der Waals surface area contributed by atoms with Crippen molar-refractivity contribution in [3.05, 3.63) is 60.7 Å². The van der Waals surface area contributed by atoms with Crippen molar-refractivity contribution in [2.24, 2.45) is 11.8 Å². The highest BCUT2D eigenvalue weighted by molar-refractivity contribution is 7.76. The molecule has 1 heterocycles. The molecule has 2 aromatic carbocycles. The van der Waals surface area contributed by atoms with E-state index in [0.29, 0.717) is 17.9 Å². The van der Waals surface area contributed by atoms with Crippen molar-refractivity contribution in [3.63, 3.8) is 0 Å². The highest BCUT2D eigenvalue weighted by Gasteiger charge is 2.43. The quantitative estimate of drug-likeness (QED) is 0.737. The van der Waals surface area contributed by atoms with E-state index in [-0.39, 0.29) is 0 Å². The molecule has 0 spiro atoms. The van der Waals surface area contributed by atoms with Gasteiger partial charge in [-0.15, -0.1) is 0 Å². The molecule has 1 aliphatic heterocycles. The third kappa shape index (κ3) is 3.36. The SMILES string of the molecule is CC(C)C[C@@H]1C[C@@H](C)CN1P(=O)(c1ccccc1)c1ccccc1. The Labute approximate surface area is 146 Å². The third-order valence-electron chi connectivity index (χ3n) is 4.91. The Morgan fingerprint density at radius 3 is 1.96 bits per heavy atom. The zero-order valence-corrected chi connectivity index (χ0v) is 15.8. The highest BCUT2D eigenvalue weighted by atomic mass is 31.2. The van der Waals surface area contributed by atoms with E-state index in [4.69, 9.17) is 0 Å². The first-order chi connectivity index (χ1) is 11.5. The van der Waals surface area contributed by atoms with Gasteiger partial charge in [-0.05, 0) is 48.9 Å². The Morgan fingerprint density at radius 2 is 1.50 bits per heavy atom. The molecule has 2 aromatic rings. The zero-order chi connectivity index (χ0) is 17.2. The molecule has 1 aliphatic rings. The summed E-state index contributed by atoms with van der Waals surface area (Å²) < 4.78 is 16.8. The molecule has 1 fully saturated rings. The maximum Gasteiger partial charge on any atom is 0.207 e. The normalized spacial score (nSPS) is 22.2. The van der Waals surface area contributed by atoms with E-state index in [1.165, 1.54) is 0 Å². The second kappa shape index (κ2) is 7.25. The van der Waals surface area contributed by atoms with Gasteiger partial charge in [-0.1, -0.05) is 57.2 Å². The van der Waals surface area contributed by atoms with Gasteiger partial charge in [-0.3, -0.25) is 4.57 Å². The van der Waals surface area contributed by atoms with Crippen molar-refractivity contribution in [1.29, 1.82) is 0 Å². The van der Waals surface area contributed by atoms with Crippen molar-refractivity contribution in [2.45, 2.75) is 39.7 Å². The number of nitrogens with zero attached hydrogens (tertiary/aromatic N) is 1. The number of benzene rings is 2. The van der Waals surface area contributed by atoms with E-state index >= 15 is 0 Å². The van der Waals surface area contributed by atoms with E-state index in [1.807, 2.05) is 60.7 Å². The van der Waals surface area contributed by atoms with Gasteiger partial charge in [-0.25, -0.2) is 4.67 Å². The van der Waals surface area contributed by atoms with Gasteiger partial charge >= 0.3 is 0 Å². The van der Waals surface area contributed by atoms with Gasteiger partial charge in [0.2, 0.25) is 7.29 Å². The molecule has 0 unspecified atom stereocenters. The summed E-state index contributed by atoms with van der Waals surface area (Å²) in [6.45, 7) is 7.72. The standard InChI is InChI=1S/C21H28NOP/c1-17(2)14-19-15-18(3)16-22(19)24(23,20-10-6-4-7-11-20)21-12-8-5-9-13-21/h4-13,17-19H,14-16H2,1-3H3/t18-,19-/m1/s1. The van der Waals surface area contributed by atoms with Gasteiger partial charge in [0.15, 0.2) is 0 Å². The van der Waals surface area contributed by atoms with Crippen LogP contribution in [0.1, 0.15) is 33.6 Å². The Hall–Kier alpha value is -1.37. The molecule has 2 atom stereocenters. The predicted molar refractivity (Wildman–Crippen MR) is 103 cm³/mol. The van der Waals surface area contributed by atoms with E-state index in [9.17, 15) is 4.57 Å². The molecule has 0 radical (unpaired) electrons. The lowest BCUT2D eigenvalue weighted by Crippen LogP contribution is -2.36. The van der Waals surface area contributed by atoms with Crippen LogP contribution in [0, 0.1) is 11.8 Å². The lowest BCUT2D eigenvalue weighted by molar-refractivity contribution is 0.342. The second-order valence-corrected chi connectivity index (χ2v) is 10.2. The van der Waals surface area contributed by atoms with Crippen molar-refractivity contribution in [3.8, 4) is 0 Å². The third-order valence-corrected chi connectivity index (χ3v) is 8.12. The minimum atomic E-state index is -2.79. The van der Waals surface area contributed by atoms with Crippen molar-refractivity contribution in [2.75, 3.05) is 6.54 Å². The highest BCUT2D eigenvalue weighted by Crippen LogP contribution is 2.53. The molecule has 1 saturated heterocycles. The first kappa shape index (κ1) is 17.5. The van der Waals surface area contributed by atoms with Gasteiger partial charge in [-0.2, -0.15) is 0 Å². The van der Waals surface area contributed by atoms with Crippen LogP contribution in [0.2, 0.25) is 0 Å². The Kier molecular flexibility index (Phi) is 5.27. The summed E-state index contributed by atoms with van der Waals surface area (Å²) in [6.07, 6.45) is 2.25. The zero-order valence-electron chi connectivity index (χ0n) is 14.9. The maximum atomic E-state index is 14.5. The molecular weight excluding hydrogens is 313 g/mol. The van der Waals surface area contributed by atoms with Gasteiger partial charge in [0.25, 0.3) is 0 Å². The van der Waals surface area contributed by atoms with Crippen LogP contribution in [0.15, 0.2) is 60.7 Å². The summed E-state index contributed by atoms with van der Waals surface area (Å²) in [6, 6.07) is 20.5. The minimum absolute atomic E-state index is 0.395. The van der Waals surface area contributed by atoms with Crippen LogP contribution < -0.4 is 10.6 Å². The lowest BCUT2D eigenvalue weighted by Gasteiger charge is -2.34. The smallest absolute Gasteiger partial charge is 0.207 e. The van der Waals surface area contributed by atoms with Crippen LogP contribution in [0.25, 0.3) is 0 Å². The van der Waals surface area contributed by atoms with Crippen LogP contribution in [-0.2, 0) is 4.57 Å². The lowest BCUT2D eigenvalue weighted by atomic mass is 10.00. The largest absolute Gasteiger partial charge is 0.296 e. The first-order valence-electron chi connectivity index (χ1n) is 9.00. The van der Waals surface area contributed by atoms with Gasteiger partial charge < -0.3 is 0 Å². The fourth-order valence-corrected chi connectivity index (χ4v) is 7.14. The maximum absolute atomic E-state index is 14.5. The van der Waals surface area contributed by atoms with Crippen molar-refractivity contribution < 1.29 is 4.57 Å². The molecule has 0 aliphatic carbocycles. The fourth-order valence-electron chi connectivity index (χ4n) is 3.94. The van der Waals surface area contributed by atoms with Crippen molar-refractivity contribution in [1.82, 2.24) is 4.67 Å². The summed E-state index contributed by atoms with van der Waals surface area (Å²) >= 11 is 0.